The number of cyclic esters (lactones) is 1. The van der Waals surface area contributed by atoms with Gasteiger partial charge in [-0.3, -0.25) is 18.8 Å². The van der Waals surface area contributed by atoms with Crippen molar-refractivity contribution in [1.29, 1.82) is 0 Å². The van der Waals surface area contributed by atoms with Crippen molar-refractivity contribution in [1.82, 2.24) is 9.13 Å². The molecule has 3 aromatic rings. The number of nitrogens with two attached hydrogens (primary N) is 1. The predicted octanol–water partition coefficient (Wildman–Crippen LogP) is 2.91. The molecule has 2 N–H and O–H groups in total. The molecule has 0 atom stereocenters. The second-order valence-electron chi connectivity index (χ2n) is 7.50. The number of ether oxygens (including phenoxy) is 1. The maximum atomic E-state index is 13.3. The normalized spacial score (nSPS) is 13.9. The summed E-state index contributed by atoms with van der Waals surface area (Å²) in [6.07, 6.45) is -3.88. The quantitative estimate of drug-likeness (QED) is 0.646. The summed E-state index contributed by atoms with van der Waals surface area (Å²) < 4.78 is 46.6. The summed E-state index contributed by atoms with van der Waals surface area (Å²) in [7, 11) is 0. The van der Waals surface area contributed by atoms with Crippen molar-refractivity contribution in [3.05, 3.63) is 86.2 Å². The number of nitrogens with zero attached hydrogens (tertiary/aromatic N) is 3. The second kappa shape index (κ2) is 8.15. The zero-order chi connectivity index (χ0) is 23.9. The van der Waals surface area contributed by atoms with Gasteiger partial charge in [0.2, 0.25) is 0 Å². The Hall–Kier alpha value is -4.02. The molecular formula is C22H19F3N4O4. The SMILES string of the molecule is Cc1c(Cn2c(=O)c(N)cn(-c3ccc(N4CCOC4=O)cc3)c2=O)cccc1C(F)(F)F. The number of amides is 1. The third-order valence-corrected chi connectivity index (χ3v) is 5.48. The minimum Gasteiger partial charge on any atom is -0.447 e. The number of aromatic nitrogens is 2. The molecule has 0 saturated carbocycles. The lowest BCUT2D eigenvalue weighted by atomic mass is 10.0. The smallest absolute Gasteiger partial charge is 0.416 e. The maximum absolute atomic E-state index is 13.3. The summed E-state index contributed by atoms with van der Waals surface area (Å²) in [5.41, 5.74) is 4.19. The van der Waals surface area contributed by atoms with Gasteiger partial charge in [0, 0.05) is 11.9 Å². The number of rotatable bonds is 4. The van der Waals surface area contributed by atoms with Gasteiger partial charge in [0.25, 0.3) is 5.56 Å². The van der Waals surface area contributed by atoms with Gasteiger partial charge in [-0.15, -0.1) is 0 Å². The van der Waals surface area contributed by atoms with E-state index in [-0.39, 0.29) is 30.0 Å². The van der Waals surface area contributed by atoms with Crippen molar-refractivity contribution < 1.29 is 22.7 Å². The number of alkyl halides is 3. The topological polar surface area (TPSA) is 99.6 Å². The zero-order valence-electron chi connectivity index (χ0n) is 17.4. The molecule has 0 unspecified atom stereocenters. The Bertz CT molecular complexity index is 1340. The highest BCUT2D eigenvalue weighted by molar-refractivity contribution is 5.89. The fourth-order valence-corrected chi connectivity index (χ4v) is 3.70. The van der Waals surface area contributed by atoms with Crippen LogP contribution < -0.4 is 21.9 Å². The van der Waals surface area contributed by atoms with Crippen LogP contribution in [0.15, 0.2) is 58.3 Å². The summed E-state index contributed by atoms with van der Waals surface area (Å²) in [4.78, 5) is 38.8. The van der Waals surface area contributed by atoms with Crippen LogP contribution in [-0.2, 0) is 17.5 Å². The van der Waals surface area contributed by atoms with Crippen LogP contribution in [0.3, 0.4) is 0 Å². The van der Waals surface area contributed by atoms with E-state index < -0.39 is 29.1 Å². The van der Waals surface area contributed by atoms with E-state index in [1.54, 1.807) is 24.3 Å². The van der Waals surface area contributed by atoms with Crippen LogP contribution in [0.25, 0.3) is 5.69 Å². The van der Waals surface area contributed by atoms with Gasteiger partial charge in [0.05, 0.1) is 24.3 Å². The number of hydrogen-bond acceptors (Lipinski definition) is 5. The standard InChI is InChI=1S/C22H19F3N4O4/c1-13-14(3-2-4-17(13)22(23,24)25)11-29-19(30)18(26)12-28(20(29)31)16-7-5-15(6-8-16)27-9-10-33-21(27)32/h2-8,12H,9-11,26H2,1H3. The molecule has 33 heavy (non-hydrogen) atoms. The van der Waals surface area contributed by atoms with Crippen molar-refractivity contribution in [2.24, 2.45) is 0 Å². The number of hydrogen-bond donors (Lipinski definition) is 1. The zero-order valence-corrected chi connectivity index (χ0v) is 17.4. The van der Waals surface area contributed by atoms with Crippen LogP contribution in [0.2, 0.25) is 0 Å². The van der Waals surface area contributed by atoms with Gasteiger partial charge in [-0.05, 0) is 48.4 Å². The molecule has 1 aliphatic rings. The molecule has 0 aliphatic carbocycles. The first-order chi connectivity index (χ1) is 15.6. The average Bonchev–Trinajstić information content (AvgIpc) is 3.20. The van der Waals surface area contributed by atoms with Crippen molar-refractivity contribution in [3.8, 4) is 5.69 Å². The Morgan fingerprint density at radius 3 is 2.30 bits per heavy atom. The summed E-state index contributed by atoms with van der Waals surface area (Å²) >= 11 is 0. The minimum atomic E-state index is -4.56. The number of carbonyl (C=O) groups is 1. The van der Waals surface area contributed by atoms with Gasteiger partial charge in [0.15, 0.2) is 0 Å². The molecule has 2 aromatic carbocycles. The molecule has 8 nitrogen and oxygen atoms in total. The van der Waals surface area contributed by atoms with Gasteiger partial charge in [-0.25, -0.2) is 9.59 Å². The Balaban J connectivity index is 1.74. The third kappa shape index (κ3) is 4.09. The number of carbonyl (C=O) groups excluding carboxylic acids is 1. The summed E-state index contributed by atoms with van der Waals surface area (Å²) in [5.74, 6) is 0. The largest absolute Gasteiger partial charge is 0.447 e. The Morgan fingerprint density at radius 2 is 1.70 bits per heavy atom. The van der Waals surface area contributed by atoms with E-state index in [2.05, 4.69) is 0 Å². The number of nitrogen functional groups attached to an aromatic ring is 1. The van der Waals surface area contributed by atoms with E-state index in [1.165, 1.54) is 30.2 Å². The Kier molecular flexibility index (Phi) is 5.48. The minimum absolute atomic E-state index is 0.0767. The molecule has 1 saturated heterocycles. The van der Waals surface area contributed by atoms with Crippen LogP contribution in [0.5, 0.6) is 0 Å². The highest BCUT2D eigenvalue weighted by Gasteiger charge is 2.33. The summed E-state index contributed by atoms with van der Waals surface area (Å²) in [6, 6.07) is 9.93. The first-order valence-electron chi connectivity index (χ1n) is 9.90. The van der Waals surface area contributed by atoms with Gasteiger partial charge in [0.1, 0.15) is 12.3 Å². The van der Waals surface area contributed by atoms with Gasteiger partial charge >= 0.3 is 18.0 Å². The van der Waals surface area contributed by atoms with Crippen LogP contribution in [0.4, 0.5) is 29.3 Å². The molecule has 1 aromatic heterocycles. The fourth-order valence-electron chi connectivity index (χ4n) is 3.70. The van der Waals surface area contributed by atoms with E-state index in [9.17, 15) is 27.6 Å². The van der Waals surface area contributed by atoms with Crippen LogP contribution in [0.1, 0.15) is 16.7 Å². The average molecular weight is 460 g/mol. The highest BCUT2D eigenvalue weighted by atomic mass is 19.4. The second-order valence-corrected chi connectivity index (χ2v) is 7.50. The van der Waals surface area contributed by atoms with Crippen LogP contribution in [-0.4, -0.2) is 28.4 Å². The predicted molar refractivity (Wildman–Crippen MR) is 115 cm³/mol. The molecule has 0 radical (unpaired) electrons. The monoisotopic (exact) mass is 460 g/mol. The van der Waals surface area contributed by atoms with Gasteiger partial charge in [-0.1, -0.05) is 12.1 Å². The van der Waals surface area contributed by atoms with Crippen molar-refractivity contribution in [3.63, 3.8) is 0 Å². The van der Waals surface area contributed by atoms with E-state index >= 15 is 0 Å². The Morgan fingerprint density at radius 1 is 1.03 bits per heavy atom. The molecule has 1 fully saturated rings. The molecule has 2 heterocycles. The molecule has 0 spiro atoms. The molecule has 0 bridgehead atoms. The number of benzene rings is 2. The first-order valence-corrected chi connectivity index (χ1v) is 9.90. The molecule has 172 valence electrons. The van der Waals surface area contributed by atoms with Crippen molar-refractivity contribution in [2.45, 2.75) is 19.6 Å². The maximum Gasteiger partial charge on any atom is 0.416 e. The third-order valence-electron chi connectivity index (χ3n) is 5.48. The summed E-state index contributed by atoms with van der Waals surface area (Å²) in [6.45, 7) is 1.58. The van der Waals surface area contributed by atoms with E-state index in [1.807, 2.05) is 0 Å². The van der Waals surface area contributed by atoms with Gasteiger partial charge < -0.3 is 10.5 Å². The molecule has 1 aliphatic heterocycles. The van der Waals surface area contributed by atoms with Gasteiger partial charge in [-0.2, -0.15) is 13.2 Å². The Labute approximate surface area is 185 Å². The summed E-state index contributed by atoms with van der Waals surface area (Å²) in [5, 5.41) is 0. The van der Waals surface area contributed by atoms with E-state index in [0.29, 0.717) is 17.9 Å². The van der Waals surface area contributed by atoms with Crippen LogP contribution >= 0.6 is 0 Å². The molecular weight excluding hydrogens is 441 g/mol. The lowest BCUT2D eigenvalue weighted by molar-refractivity contribution is -0.138. The highest BCUT2D eigenvalue weighted by Crippen LogP contribution is 2.33. The van der Waals surface area contributed by atoms with E-state index in [4.69, 9.17) is 10.5 Å². The molecule has 11 heteroatoms. The number of halogens is 3. The van der Waals surface area contributed by atoms with Crippen LogP contribution in [0, 0.1) is 6.92 Å². The number of anilines is 2. The first kappa shape index (κ1) is 22.2. The van der Waals surface area contributed by atoms with Crippen molar-refractivity contribution >= 4 is 17.5 Å². The lowest BCUT2D eigenvalue weighted by Gasteiger charge is -2.16. The van der Waals surface area contributed by atoms with Crippen molar-refractivity contribution in [2.75, 3.05) is 23.8 Å². The van der Waals surface area contributed by atoms with E-state index in [0.717, 1.165) is 15.2 Å². The molecule has 4 rings (SSSR count). The fraction of sp³-hybridized carbons (Fsp3) is 0.227. The molecule has 1 amide bonds. The lowest BCUT2D eigenvalue weighted by Crippen LogP contribution is -2.40.